The van der Waals surface area contributed by atoms with Gasteiger partial charge in [0.25, 0.3) is 5.91 Å². The molecule has 6 nitrogen and oxygen atoms in total. The molecule has 0 unspecified atom stereocenters. The lowest BCUT2D eigenvalue weighted by Crippen LogP contribution is -2.49. The van der Waals surface area contributed by atoms with Crippen LogP contribution in [0.5, 0.6) is 0 Å². The van der Waals surface area contributed by atoms with Crippen LogP contribution in [0.25, 0.3) is 0 Å². The molecule has 3 heterocycles. The van der Waals surface area contributed by atoms with E-state index in [1.807, 2.05) is 17.9 Å². The third-order valence-electron chi connectivity index (χ3n) is 4.42. The van der Waals surface area contributed by atoms with Crippen molar-refractivity contribution < 1.29 is 9.21 Å². The lowest BCUT2D eigenvalue weighted by molar-refractivity contribution is 0.0714. The van der Waals surface area contributed by atoms with Crippen molar-refractivity contribution in [2.75, 3.05) is 31.1 Å². The van der Waals surface area contributed by atoms with Gasteiger partial charge >= 0.3 is 0 Å². The molecule has 2 aromatic rings. The van der Waals surface area contributed by atoms with Crippen molar-refractivity contribution in [2.24, 2.45) is 0 Å². The van der Waals surface area contributed by atoms with E-state index in [2.05, 4.69) is 9.88 Å². The highest BCUT2D eigenvalue weighted by Crippen LogP contribution is 2.38. The Hall–Kier alpha value is -2.37. The molecule has 0 bridgehead atoms. The van der Waals surface area contributed by atoms with Crippen molar-refractivity contribution in [3.8, 4) is 0 Å². The maximum atomic E-state index is 12.3. The van der Waals surface area contributed by atoms with E-state index in [0.29, 0.717) is 24.8 Å². The zero-order chi connectivity index (χ0) is 15.8. The largest absolute Gasteiger partial charge is 0.459 e. The van der Waals surface area contributed by atoms with Gasteiger partial charge in [-0.1, -0.05) is 0 Å². The van der Waals surface area contributed by atoms with Crippen molar-refractivity contribution in [1.29, 1.82) is 0 Å². The number of anilines is 1. The topological polar surface area (TPSA) is 62.5 Å². The van der Waals surface area contributed by atoms with E-state index in [0.717, 1.165) is 30.4 Å². The number of hydrogen-bond donors (Lipinski definition) is 0. The molecule has 0 spiro atoms. The van der Waals surface area contributed by atoms with Crippen LogP contribution < -0.4 is 4.90 Å². The number of nitrogens with zero attached hydrogens (tertiary/aromatic N) is 4. The van der Waals surface area contributed by atoms with Crippen LogP contribution in [0.15, 0.2) is 28.9 Å². The smallest absolute Gasteiger partial charge is 0.289 e. The van der Waals surface area contributed by atoms with Crippen LogP contribution in [-0.2, 0) is 0 Å². The van der Waals surface area contributed by atoms with Gasteiger partial charge in [0, 0.05) is 43.9 Å². The van der Waals surface area contributed by atoms with E-state index < -0.39 is 0 Å². The van der Waals surface area contributed by atoms with E-state index in [1.54, 1.807) is 12.1 Å². The summed E-state index contributed by atoms with van der Waals surface area (Å²) in [6.45, 7) is 4.95. The van der Waals surface area contributed by atoms with Gasteiger partial charge in [-0.15, -0.1) is 0 Å². The number of aryl methyl sites for hydroxylation is 1. The van der Waals surface area contributed by atoms with Crippen molar-refractivity contribution in [3.05, 3.63) is 41.7 Å². The first-order chi connectivity index (χ1) is 11.2. The zero-order valence-electron chi connectivity index (χ0n) is 13.2. The number of furan rings is 1. The molecule has 23 heavy (non-hydrogen) atoms. The number of amides is 1. The van der Waals surface area contributed by atoms with Gasteiger partial charge < -0.3 is 14.2 Å². The van der Waals surface area contributed by atoms with Crippen molar-refractivity contribution in [2.45, 2.75) is 25.7 Å². The molecule has 120 valence electrons. The minimum atomic E-state index is -0.0350. The fraction of sp³-hybridized carbons (Fsp3) is 0.471. The van der Waals surface area contributed by atoms with Gasteiger partial charge in [0.15, 0.2) is 5.76 Å². The molecule has 1 aliphatic carbocycles. The molecule has 1 aliphatic heterocycles. The van der Waals surface area contributed by atoms with Gasteiger partial charge in [-0.25, -0.2) is 9.97 Å². The number of rotatable bonds is 3. The van der Waals surface area contributed by atoms with Crippen LogP contribution in [0, 0.1) is 6.92 Å². The van der Waals surface area contributed by atoms with E-state index in [-0.39, 0.29) is 5.91 Å². The third-order valence-corrected chi connectivity index (χ3v) is 4.42. The molecular formula is C17H20N4O2. The molecule has 0 aromatic carbocycles. The van der Waals surface area contributed by atoms with E-state index in [4.69, 9.17) is 9.40 Å². The zero-order valence-corrected chi connectivity index (χ0v) is 13.2. The van der Waals surface area contributed by atoms with Crippen LogP contribution in [0.2, 0.25) is 0 Å². The van der Waals surface area contributed by atoms with Crippen molar-refractivity contribution in [1.82, 2.24) is 14.9 Å². The maximum Gasteiger partial charge on any atom is 0.289 e. The Labute approximate surface area is 135 Å². The Morgan fingerprint density at radius 2 is 2.00 bits per heavy atom. The fourth-order valence-corrected chi connectivity index (χ4v) is 2.96. The molecule has 0 radical (unpaired) electrons. The predicted octanol–water partition coefficient (Wildman–Crippen LogP) is 2.22. The Bertz CT molecular complexity index is 701. The molecule has 2 aromatic heterocycles. The summed E-state index contributed by atoms with van der Waals surface area (Å²) in [5.41, 5.74) is 1.02. The SMILES string of the molecule is Cc1cc(N2CCN(C(=O)c3ccco3)CC2)nc(C2CC2)n1. The van der Waals surface area contributed by atoms with Crippen LogP contribution in [0.4, 0.5) is 5.82 Å². The molecule has 0 N–H and O–H groups in total. The highest BCUT2D eigenvalue weighted by Gasteiger charge is 2.29. The van der Waals surface area contributed by atoms with Crippen LogP contribution in [-0.4, -0.2) is 47.0 Å². The number of piperazine rings is 1. The molecule has 1 saturated carbocycles. The average Bonchev–Trinajstić information content (AvgIpc) is 3.28. The number of aromatic nitrogens is 2. The summed E-state index contributed by atoms with van der Waals surface area (Å²) in [5, 5.41) is 0. The third kappa shape index (κ3) is 2.93. The molecule has 6 heteroatoms. The average molecular weight is 312 g/mol. The maximum absolute atomic E-state index is 12.3. The summed E-state index contributed by atoms with van der Waals surface area (Å²) in [6.07, 6.45) is 3.94. The molecule has 0 atom stereocenters. The second kappa shape index (κ2) is 5.68. The first kappa shape index (κ1) is 14.2. The Balaban J connectivity index is 1.44. The Kier molecular flexibility index (Phi) is 3.52. The number of carbonyl (C=O) groups is 1. The summed E-state index contributed by atoms with van der Waals surface area (Å²) in [5.74, 6) is 2.90. The number of hydrogen-bond acceptors (Lipinski definition) is 5. The number of carbonyl (C=O) groups excluding carboxylic acids is 1. The Morgan fingerprint density at radius 3 is 2.65 bits per heavy atom. The Morgan fingerprint density at radius 1 is 1.22 bits per heavy atom. The molecule has 2 fully saturated rings. The molecular weight excluding hydrogens is 292 g/mol. The minimum Gasteiger partial charge on any atom is -0.459 e. The summed E-state index contributed by atoms with van der Waals surface area (Å²) in [4.78, 5) is 25.7. The molecule has 4 rings (SSSR count). The standard InChI is InChI=1S/C17H20N4O2/c1-12-11-15(19-16(18-12)13-4-5-13)20-6-8-21(9-7-20)17(22)14-3-2-10-23-14/h2-3,10-11,13H,4-9H2,1H3. The summed E-state index contributed by atoms with van der Waals surface area (Å²) < 4.78 is 5.20. The molecule has 2 aliphatic rings. The van der Waals surface area contributed by atoms with E-state index in [1.165, 1.54) is 19.1 Å². The summed E-state index contributed by atoms with van der Waals surface area (Å²) >= 11 is 0. The van der Waals surface area contributed by atoms with Crippen molar-refractivity contribution >= 4 is 11.7 Å². The van der Waals surface area contributed by atoms with Crippen molar-refractivity contribution in [3.63, 3.8) is 0 Å². The first-order valence-corrected chi connectivity index (χ1v) is 8.14. The minimum absolute atomic E-state index is 0.0350. The van der Waals surface area contributed by atoms with Gasteiger partial charge in [-0.05, 0) is 31.9 Å². The second-order valence-electron chi connectivity index (χ2n) is 6.26. The predicted molar refractivity (Wildman–Crippen MR) is 85.6 cm³/mol. The van der Waals surface area contributed by atoms with Crippen LogP contribution >= 0.6 is 0 Å². The first-order valence-electron chi connectivity index (χ1n) is 8.14. The van der Waals surface area contributed by atoms with Gasteiger partial charge in [-0.3, -0.25) is 4.79 Å². The van der Waals surface area contributed by atoms with Gasteiger partial charge in [0.1, 0.15) is 11.6 Å². The second-order valence-corrected chi connectivity index (χ2v) is 6.26. The lowest BCUT2D eigenvalue weighted by atomic mass is 10.2. The highest BCUT2D eigenvalue weighted by molar-refractivity contribution is 5.91. The van der Waals surface area contributed by atoms with Gasteiger partial charge in [0.05, 0.1) is 6.26 Å². The summed E-state index contributed by atoms with van der Waals surface area (Å²) in [6, 6.07) is 5.49. The molecule has 1 amide bonds. The van der Waals surface area contributed by atoms with Crippen LogP contribution in [0.1, 0.15) is 40.8 Å². The van der Waals surface area contributed by atoms with E-state index in [9.17, 15) is 4.79 Å². The normalized spacial score (nSPS) is 18.3. The molecule has 1 saturated heterocycles. The highest BCUT2D eigenvalue weighted by atomic mass is 16.3. The monoisotopic (exact) mass is 312 g/mol. The fourth-order valence-electron chi connectivity index (χ4n) is 2.96. The van der Waals surface area contributed by atoms with Gasteiger partial charge in [-0.2, -0.15) is 0 Å². The lowest BCUT2D eigenvalue weighted by Gasteiger charge is -2.35. The van der Waals surface area contributed by atoms with Crippen LogP contribution in [0.3, 0.4) is 0 Å². The van der Waals surface area contributed by atoms with Gasteiger partial charge in [0.2, 0.25) is 0 Å². The quantitative estimate of drug-likeness (QED) is 0.869. The van der Waals surface area contributed by atoms with E-state index >= 15 is 0 Å². The summed E-state index contributed by atoms with van der Waals surface area (Å²) in [7, 11) is 0.